The third kappa shape index (κ3) is 3.00. The number of carbonyl (C=O) groups is 2. The SMILES string of the molecule is CC(C)=C1C2CCC1C(C(=O)NC(C)C1CCCCC1)C2C(=O)O. The molecule has 134 valence electrons. The van der Waals surface area contributed by atoms with Crippen molar-refractivity contribution in [3.05, 3.63) is 11.1 Å². The van der Waals surface area contributed by atoms with Crippen LogP contribution in [0.1, 0.15) is 65.7 Å². The second-order valence-electron chi connectivity index (χ2n) is 8.33. The summed E-state index contributed by atoms with van der Waals surface area (Å²) in [7, 11) is 0. The van der Waals surface area contributed by atoms with E-state index in [1.54, 1.807) is 0 Å². The molecule has 3 rings (SSSR count). The summed E-state index contributed by atoms with van der Waals surface area (Å²) in [6.07, 6.45) is 8.04. The van der Waals surface area contributed by atoms with Gasteiger partial charge in [-0.2, -0.15) is 0 Å². The largest absolute Gasteiger partial charge is 0.481 e. The average Bonchev–Trinajstić information content (AvgIpc) is 3.11. The Bertz CT molecular complexity index is 543. The fraction of sp³-hybridized carbons (Fsp3) is 0.800. The molecule has 0 aromatic carbocycles. The van der Waals surface area contributed by atoms with Gasteiger partial charge in [-0.15, -0.1) is 0 Å². The molecule has 5 unspecified atom stereocenters. The van der Waals surface area contributed by atoms with E-state index in [-0.39, 0.29) is 29.7 Å². The number of amides is 1. The normalized spacial score (nSPS) is 34.2. The summed E-state index contributed by atoms with van der Waals surface area (Å²) < 4.78 is 0. The lowest BCUT2D eigenvalue weighted by Gasteiger charge is -2.32. The van der Waals surface area contributed by atoms with Crippen LogP contribution in [0, 0.1) is 29.6 Å². The first-order valence-corrected chi connectivity index (χ1v) is 9.62. The fourth-order valence-corrected chi connectivity index (χ4v) is 5.68. The van der Waals surface area contributed by atoms with E-state index in [1.807, 2.05) is 0 Å². The Hall–Kier alpha value is -1.32. The van der Waals surface area contributed by atoms with Gasteiger partial charge in [0.25, 0.3) is 0 Å². The van der Waals surface area contributed by atoms with E-state index >= 15 is 0 Å². The van der Waals surface area contributed by atoms with E-state index in [1.165, 1.54) is 43.3 Å². The molecule has 0 aliphatic heterocycles. The number of hydrogen-bond acceptors (Lipinski definition) is 2. The summed E-state index contributed by atoms with van der Waals surface area (Å²) in [4.78, 5) is 24.8. The maximum atomic E-state index is 13.0. The van der Waals surface area contributed by atoms with E-state index in [4.69, 9.17) is 0 Å². The molecule has 0 spiro atoms. The van der Waals surface area contributed by atoms with Crippen molar-refractivity contribution in [2.75, 3.05) is 0 Å². The van der Waals surface area contributed by atoms with Gasteiger partial charge in [-0.05, 0) is 64.2 Å². The number of allylic oxidation sites excluding steroid dienone is 2. The van der Waals surface area contributed by atoms with E-state index in [2.05, 4.69) is 26.1 Å². The number of hydrogen-bond donors (Lipinski definition) is 2. The number of carboxylic acid groups (broad SMARTS) is 1. The van der Waals surface area contributed by atoms with E-state index in [9.17, 15) is 14.7 Å². The third-order valence-electron chi connectivity index (χ3n) is 6.73. The molecule has 4 heteroatoms. The first-order chi connectivity index (χ1) is 11.4. The summed E-state index contributed by atoms with van der Waals surface area (Å²) in [5.41, 5.74) is 2.47. The summed E-state index contributed by atoms with van der Waals surface area (Å²) in [6.45, 7) is 6.22. The molecule has 0 heterocycles. The molecular formula is C20H31NO3. The van der Waals surface area contributed by atoms with Gasteiger partial charge in [-0.1, -0.05) is 30.4 Å². The van der Waals surface area contributed by atoms with E-state index in [0.29, 0.717) is 5.92 Å². The maximum absolute atomic E-state index is 13.0. The highest BCUT2D eigenvalue weighted by Crippen LogP contribution is 2.57. The van der Waals surface area contributed by atoms with Crippen LogP contribution in [-0.2, 0) is 9.59 Å². The molecule has 0 aromatic heterocycles. The Morgan fingerprint density at radius 1 is 1.00 bits per heavy atom. The first kappa shape index (κ1) is 17.5. The smallest absolute Gasteiger partial charge is 0.307 e. The lowest BCUT2D eigenvalue weighted by atomic mass is 9.78. The Kier molecular flexibility index (Phi) is 5.03. The quantitative estimate of drug-likeness (QED) is 0.770. The summed E-state index contributed by atoms with van der Waals surface area (Å²) >= 11 is 0. The molecule has 0 radical (unpaired) electrons. The highest BCUT2D eigenvalue weighted by atomic mass is 16.4. The van der Waals surface area contributed by atoms with Crippen LogP contribution in [0.25, 0.3) is 0 Å². The molecule has 5 atom stereocenters. The Balaban J connectivity index is 1.75. The predicted molar refractivity (Wildman–Crippen MR) is 93.4 cm³/mol. The van der Waals surface area contributed by atoms with Crippen LogP contribution >= 0.6 is 0 Å². The summed E-state index contributed by atoms with van der Waals surface area (Å²) in [6, 6.07) is 0.154. The van der Waals surface area contributed by atoms with Gasteiger partial charge in [0, 0.05) is 6.04 Å². The van der Waals surface area contributed by atoms with Crippen LogP contribution < -0.4 is 5.32 Å². The minimum Gasteiger partial charge on any atom is -0.481 e. The van der Waals surface area contributed by atoms with Gasteiger partial charge in [0.1, 0.15) is 0 Å². The number of aliphatic carboxylic acids is 1. The highest BCUT2D eigenvalue weighted by Gasteiger charge is 2.57. The molecule has 3 saturated carbocycles. The van der Waals surface area contributed by atoms with Crippen LogP contribution in [-0.4, -0.2) is 23.0 Å². The van der Waals surface area contributed by atoms with Crippen molar-refractivity contribution in [2.24, 2.45) is 29.6 Å². The molecule has 24 heavy (non-hydrogen) atoms. The predicted octanol–water partition coefficient (Wildman–Crippen LogP) is 3.76. The van der Waals surface area contributed by atoms with Gasteiger partial charge in [0.2, 0.25) is 5.91 Å². The van der Waals surface area contributed by atoms with Crippen LogP contribution in [0.5, 0.6) is 0 Å². The van der Waals surface area contributed by atoms with Gasteiger partial charge in [-0.25, -0.2) is 0 Å². The number of fused-ring (bicyclic) bond motifs is 2. The maximum Gasteiger partial charge on any atom is 0.307 e. The van der Waals surface area contributed by atoms with Gasteiger partial charge in [0.15, 0.2) is 0 Å². The minimum atomic E-state index is -0.800. The Morgan fingerprint density at radius 3 is 2.12 bits per heavy atom. The van der Waals surface area contributed by atoms with Crippen molar-refractivity contribution in [1.82, 2.24) is 5.32 Å². The molecule has 0 saturated heterocycles. The molecule has 2 bridgehead atoms. The highest BCUT2D eigenvalue weighted by molar-refractivity contribution is 5.87. The van der Waals surface area contributed by atoms with Crippen molar-refractivity contribution in [2.45, 2.75) is 71.8 Å². The number of rotatable bonds is 4. The number of carboxylic acids is 1. The van der Waals surface area contributed by atoms with Crippen molar-refractivity contribution in [3.63, 3.8) is 0 Å². The fourth-order valence-electron chi connectivity index (χ4n) is 5.68. The van der Waals surface area contributed by atoms with Crippen LogP contribution in [0.4, 0.5) is 0 Å². The third-order valence-corrected chi connectivity index (χ3v) is 6.73. The molecule has 1 amide bonds. The van der Waals surface area contributed by atoms with Gasteiger partial charge < -0.3 is 10.4 Å². The monoisotopic (exact) mass is 333 g/mol. The molecule has 4 nitrogen and oxygen atoms in total. The lowest BCUT2D eigenvalue weighted by molar-refractivity contribution is -0.149. The summed E-state index contributed by atoms with van der Waals surface area (Å²) in [5, 5.41) is 12.9. The Labute approximate surface area is 145 Å². The van der Waals surface area contributed by atoms with Crippen molar-refractivity contribution >= 4 is 11.9 Å². The molecule has 3 fully saturated rings. The minimum absolute atomic E-state index is 0.0218. The zero-order chi connectivity index (χ0) is 17.4. The number of carbonyl (C=O) groups excluding carboxylic acids is 1. The second kappa shape index (κ2) is 6.89. The molecule has 2 N–H and O–H groups in total. The zero-order valence-corrected chi connectivity index (χ0v) is 15.2. The standard InChI is InChI=1S/C20H31NO3/c1-11(2)16-14-9-10-15(16)18(20(23)24)17(14)19(22)21-12(3)13-7-5-4-6-8-13/h12-15,17-18H,4-10H2,1-3H3,(H,21,22)(H,23,24). The first-order valence-electron chi connectivity index (χ1n) is 9.62. The summed E-state index contributed by atoms with van der Waals surface area (Å²) in [5.74, 6) is -0.979. The van der Waals surface area contributed by atoms with Gasteiger partial charge >= 0.3 is 5.97 Å². The van der Waals surface area contributed by atoms with E-state index in [0.717, 1.165) is 12.8 Å². The van der Waals surface area contributed by atoms with Gasteiger partial charge in [0.05, 0.1) is 11.8 Å². The van der Waals surface area contributed by atoms with Crippen LogP contribution in [0.15, 0.2) is 11.1 Å². The topological polar surface area (TPSA) is 66.4 Å². The average molecular weight is 333 g/mol. The lowest BCUT2D eigenvalue weighted by Crippen LogP contribution is -2.46. The van der Waals surface area contributed by atoms with Crippen molar-refractivity contribution in [3.8, 4) is 0 Å². The molecular weight excluding hydrogens is 302 g/mol. The van der Waals surface area contributed by atoms with Crippen LogP contribution in [0.2, 0.25) is 0 Å². The van der Waals surface area contributed by atoms with Crippen molar-refractivity contribution in [1.29, 1.82) is 0 Å². The van der Waals surface area contributed by atoms with Crippen molar-refractivity contribution < 1.29 is 14.7 Å². The molecule has 3 aliphatic carbocycles. The molecule has 3 aliphatic rings. The number of nitrogens with one attached hydrogen (secondary N) is 1. The van der Waals surface area contributed by atoms with Gasteiger partial charge in [-0.3, -0.25) is 9.59 Å². The van der Waals surface area contributed by atoms with E-state index < -0.39 is 11.9 Å². The van der Waals surface area contributed by atoms with Crippen LogP contribution in [0.3, 0.4) is 0 Å². The zero-order valence-electron chi connectivity index (χ0n) is 15.2. The Morgan fingerprint density at radius 2 is 1.58 bits per heavy atom. The second-order valence-corrected chi connectivity index (χ2v) is 8.33. The molecule has 0 aromatic rings.